The lowest BCUT2D eigenvalue weighted by atomic mass is 9.81. The van der Waals surface area contributed by atoms with Gasteiger partial charge in [0.1, 0.15) is 11.9 Å². The lowest BCUT2D eigenvalue weighted by Gasteiger charge is -2.38. The molecule has 1 aromatic heterocycles. The summed E-state index contributed by atoms with van der Waals surface area (Å²) in [6, 6.07) is 5.15. The van der Waals surface area contributed by atoms with E-state index in [9.17, 15) is 19.2 Å². The number of ether oxygens (including phenoxy) is 2. The molecular formula is C27H36N4O6. The summed E-state index contributed by atoms with van der Waals surface area (Å²) in [6.07, 6.45) is 4.47. The number of carbonyl (C=O) groups excluding carboxylic acids is 2. The first kappa shape index (κ1) is 25.5. The summed E-state index contributed by atoms with van der Waals surface area (Å²) in [7, 11) is 3.23. The molecule has 3 aliphatic rings. The highest BCUT2D eigenvalue weighted by atomic mass is 16.5. The second-order valence-electron chi connectivity index (χ2n) is 10.5. The third kappa shape index (κ3) is 5.03. The second kappa shape index (κ2) is 10.7. The number of benzene rings is 1. The third-order valence-corrected chi connectivity index (χ3v) is 8.30. The van der Waals surface area contributed by atoms with Crippen molar-refractivity contribution >= 4 is 22.7 Å². The third-order valence-electron chi connectivity index (χ3n) is 8.30. The van der Waals surface area contributed by atoms with Crippen LogP contribution in [0.3, 0.4) is 0 Å². The van der Waals surface area contributed by atoms with E-state index in [1.165, 1.54) is 9.13 Å². The Morgan fingerprint density at radius 2 is 1.65 bits per heavy atom. The Kier molecular flexibility index (Phi) is 7.37. The van der Waals surface area contributed by atoms with Gasteiger partial charge in [-0.15, -0.1) is 0 Å². The fourth-order valence-corrected chi connectivity index (χ4v) is 6.01. The summed E-state index contributed by atoms with van der Waals surface area (Å²) >= 11 is 0. The number of piperazine rings is 1. The summed E-state index contributed by atoms with van der Waals surface area (Å²) < 4.78 is 13.6. The Morgan fingerprint density at radius 1 is 0.973 bits per heavy atom. The van der Waals surface area contributed by atoms with E-state index in [1.54, 1.807) is 32.4 Å². The number of nitrogens with zero attached hydrogens (tertiary/aromatic N) is 4. The summed E-state index contributed by atoms with van der Waals surface area (Å²) in [5, 5.41) is 0.461. The maximum atomic E-state index is 13.2. The average molecular weight is 513 g/mol. The van der Waals surface area contributed by atoms with Crippen molar-refractivity contribution in [2.75, 3.05) is 39.9 Å². The van der Waals surface area contributed by atoms with Gasteiger partial charge < -0.3 is 19.3 Å². The first-order chi connectivity index (χ1) is 17.9. The number of methoxy groups -OCH3 is 1. The first-order valence-electron chi connectivity index (χ1n) is 13.3. The molecule has 1 aromatic carbocycles. The number of hydrogen-bond acceptors (Lipinski definition) is 6. The molecule has 0 N–H and O–H groups in total. The number of rotatable bonds is 5. The highest BCUT2D eigenvalue weighted by molar-refractivity contribution is 5.82. The van der Waals surface area contributed by atoms with Crippen LogP contribution in [-0.4, -0.2) is 76.7 Å². The molecule has 5 rings (SSSR count). The van der Waals surface area contributed by atoms with Crippen LogP contribution in [0.2, 0.25) is 0 Å². The quantitative estimate of drug-likeness (QED) is 0.600. The average Bonchev–Trinajstić information content (AvgIpc) is 3.49. The van der Waals surface area contributed by atoms with Gasteiger partial charge in [-0.2, -0.15) is 0 Å². The number of fused-ring (bicyclic) bond motifs is 1. The van der Waals surface area contributed by atoms with Gasteiger partial charge in [0, 0.05) is 52.3 Å². The van der Waals surface area contributed by atoms with Crippen LogP contribution in [-0.2, 0) is 27.9 Å². The Labute approximate surface area is 215 Å². The van der Waals surface area contributed by atoms with Crippen LogP contribution < -0.4 is 16.0 Å². The molecule has 200 valence electrons. The normalized spacial score (nSPS) is 24.4. The Hall–Kier alpha value is -3.14. The van der Waals surface area contributed by atoms with E-state index in [2.05, 4.69) is 0 Å². The van der Waals surface area contributed by atoms with Crippen LogP contribution >= 0.6 is 0 Å². The van der Waals surface area contributed by atoms with Gasteiger partial charge in [0.25, 0.3) is 11.5 Å². The van der Waals surface area contributed by atoms with Crippen molar-refractivity contribution in [3.05, 3.63) is 39.0 Å². The van der Waals surface area contributed by atoms with E-state index < -0.39 is 0 Å². The maximum absolute atomic E-state index is 13.2. The zero-order chi connectivity index (χ0) is 26.1. The van der Waals surface area contributed by atoms with Crippen LogP contribution in [0.15, 0.2) is 27.8 Å². The van der Waals surface area contributed by atoms with E-state index in [0.29, 0.717) is 56.0 Å². The number of amides is 2. The van der Waals surface area contributed by atoms with Gasteiger partial charge in [0.2, 0.25) is 5.91 Å². The van der Waals surface area contributed by atoms with Crippen molar-refractivity contribution < 1.29 is 19.1 Å². The van der Waals surface area contributed by atoms with Crippen LogP contribution in [0.4, 0.5) is 0 Å². The second-order valence-corrected chi connectivity index (χ2v) is 10.5. The lowest BCUT2D eigenvalue weighted by molar-refractivity contribution is -0.147. The fourth-order valence-electron chi connectivity index (χ4n) is 6.01. The largest absolute Gasteiger partial charge is 0.497 e. The predicted molar refractivity (Wildman–Crippen MR) is 138 cm³/mol. The standard InChI is InChI=1S/C27H36N4O6/c1-28-22-10-9-20(36-2)16-21(22)25(33)31(27(28)35)17-18-5-7-19(8-6-18)24(32)29-11-13-30(14-12-29)26(34)23-4-3-15-37-23/h9-10,16,18-19,23H,3-8,11-15,17H2,1-2H3/t18-,19-,23-/m1/s1. The SMILES string of the molecule is COc1ccc2c(c1)c(=O)n(C[C@H]1CC[C@H](C(=O)N3CCN(C(=O)[C@H]4CCCO4)CC3)CC1)c(=O)n2C. The van der Waals surface area contributed by atoms with Crippen molar-refractivity contribution in [3.8, 4) is 5.75 Å². The van der Waals surface area contributed by atoms with Crippen molar-refractivity contribution in [2.45, 2.75) is 51.2 Å². The molecule has 0 bridgehead atoms. The van der Waals surface area contributed by atoms with Crippen molar-refractivity contribution in [1.82, 2.24) is 18.9 Å². The van der Waals surface area contributed by atoms with Gasteiger partial charge in [0.15, 0.2) is 0 Å². The van der Waals surface area contributed by atoms with E-state index in [1.807, 2.05) is 9.80 Å². The monoisotopic (exact) mass is 512 g/mol. The number of aromatic nitrogens is 2. The van der Waals surface area contributed by atoms with Crippen LogP contribution in [0, 0.1) is 11.8 Å². The maximum Gasteiger partial charge on any atom is 0.331 e. The van der Waals surface area contributed by atoms with Gasteiger partial charge in [-0.1, -0.05) is 0 Å². The van der Waals surface area contributed by atoms with Crippen LogP contribution in [0.25, 0.3) is 10.9 Å². The molecule has 3 fully saturated rings. The van der Waals surface area contributed by atoms with Crippen LogP contribution in [0.5, 0.6) is 5.75 Å². The molecule has 3 heterocycles. The summed E-state index contributed by atoms with van der Waals surface area (Å²) in [4.78, 5) is 55.6. The van der Waals surface area contributed by atoms with Gasteiger partial charge in [-0.25, -0.2) is 4.79 Å². The minimum Gasteiger partial charge on any atom is -0.497 e. The molecule has 0 radical (unpaired) electrons. The molecule has 2 aliphatic heterocycles. The summed E-state index contributed by atoms with van der Waals surface area (Å²) in [5.41, 5.74) is -0.0409. The molecule has 1 saturated carbocycles. The van der Waals surface area contributed by atoms with Crippen molar-refractivity contribution in [3.63, 3.8) is 0 Å². The minimum absolute atomic E-state index is 0.0444. The highest BCUT2D eigenvalue weighted by Crippen LogP contribution is 2.31. The molecule has 0 unspecified atom stereocenters. The number of carbonyl (C=O) groups is 2. The predicted octanol–water partition coefficient (Wildman–Crippen LogP) is 1.37. The van der Waals surface area contributed by atoms with Gasteiger partial charge in [0.05, 0.1) is 18.0 Å². The summed E-state index contributed by atoms with van der Waals surface area (Å²) in [6.45, 7) is 3.23. The van der Waals surface area contributed by atoms with Crippen LogP contribution in [0.1, 0.15) is 38.5 Å². The van der Waals surface area contributed by atoms with Crippen molar-refractivity contribution in [2.24, 2.45) is 18.9 Å². The number of aryl methyl sites for hydroxylation is 1. The number of hydrogen-bond donors (Lipinski definition) is 0. The Morgan fingerprint density at radius 3 is 2.27 bits per heavy atom. The van der Waals surface area contributed by atoms with Gasteiger partial charge >= 0.3 is 5.69 Å². The highest BCUT2D eigenvalue weighted by Gasteiger charge is 2.34. The zero-order valence-corrected chi connectivity index (χ0v) is 21.7. The summed E-state index contributed by atoms with van der Waals surface area (Å²) in [5.74, 6) is 0.911. The molecular weight excluding hydrogens is 476 g/mol. The van der Waals surface area contributed by atoms with Gasteiger partial charge in [-0.3, -0.25) is 23.5 Å². The lowest BCUT2D eigenvalue weighted by Crippen LogP contribution is -2.54. The first-order valence-corrected chi connectivity index (χ1v) is 13.3. The van der Waals surface area contributed by atoms with E-state index >= 15 is 0 Å². The molecule has 1 atom stereocenters. The topological polar surface area (TPSA) is 103 Å². The molecule has 37 heavy (non-hydrogen) atoms. The van der Waals surface area contributed by atoms with Crippen molar-refractivity contribution in [1.29, 1.82) is 0 Å². The van der Waals surface area contributed by atoms with E-state index in [-0.39, 0.29) is 41.0 Å². The van der Waals surface area contributed by atoms with E-state index in [4.69, 9.17) is 9.47 Å². The Bertz CT molecular complexity index is 1280. The smallest absolute Gasteiger partial charge is 0.331 e. The fraction of sp³-hybridized carbons (Fsp3) is 0.630. The molecule has 1 aliphatic carbocycles. The zero-order valence-electron chi connectivity index (χ0n) is 21.7. The molecule has 2 saturated heterocycles. The Balaban J connectivity index is 1.18. The molecule has 10 heteroatoms. The molecule has 2 aromatic rings. The molecule has 0 spiro atoms. The minimum atomic E-state index is -0.323. The van der Waals surface area contributed by atoms with Gasteiger partial charge in [-0.05, 0) is 62.6 Å². The molecule has 2 amide bonds. The van der Waals surface area contributed by atoms with E-state index in [0.717, 1.165) is 38.5 Å². The molecule has 10 nitrogen and oxygen atoms in total.